The van der Waals surface area contributed by atoms with Crippen molar-refractivity contribution in [3.8, 4) is 0 Å². The van der Waals surface area contributed by atoms with E-state index in [1.807, 2.05) is 19.1 Å². The van der Waals surface area contributed by atoms with Gasteiger partial charge in [-0.05, 0) is 18.6 Å². The molecule has 0 amide bonds. The number of nitrogens with zero attached hydrogens (tertiary/aromatic N) is 1. The number of hydrogen-bond acceptors (Lipinski definition) is 4. The number of aromatic nitrogens is 1. The number of hydrogen-bond donors (Lipinski definition) is 1. The van der Waals surface area contributed by atoms with Crippen LogP contribution in [0.25, 0.3) is 0 Å². The van der Waals surface area contributed by atoms with E-state index in [4.69, 9.17) is 0 Å². The Morgan fingerprint density at radius 3 is 2.67 bits per heavy atom. The molecule has 1 aromatic rings. The lowest BCUT2D eigenvalue weighted by Gasteiger charge is -2.03. The fraction of sp³-hybridized carbons (Fsp3) is 0.500. The van der Waals surface area contributed by atoms with Gasteiger partial charge in [-0.25, -0.2) is 8.42 Å². The van der Waals surface area contributed by atoms with Gasteiger partial charge in [-0.15, -0.1) is 0 Å². The molecule has 0 spiro atoms. The van der Waals surface area contributed by atoms with Crippen molar-refractivity contribution < 1.29 is 8.42 Å². The van der Waals surface area contributed by atoms with E-state index in [9.17, 15) is 8.42 Å². The lowest BCUT2D eigenvalue weighted by atomic mass is 10.3. The second-order valence-corrected chi connectivity index (χ2v) is 5.89. The van der Waals surface area contributed by atoms with Crippen LogP contribution in [0.1, 0.15) is 11.3 Å². The van der Waals surface area contributed by atoms with Crippen molar-refractivity contribution in [1.82, 2.24) is 10.3 Å². The Hall–Kier alpha value is -0.940. The van der Waals surface area contributed by atoms with Gasteiger partial charge >= 0.3 is 0 Å². The Labute approximate surface area is 90.7 Å². The van der Waals surface area contributed by atoms with E-state index in [0.29, 0.717) is 13.1 Å². The van der Waals surface area contributed by atoms with Crippen LogP contribution >= 0.6 is 0 Å². The molecule has 1 heterocycles. The summed E-state index contributed by atoms with van der Waals surface area (Å²) < 4.78 is 21.7. The monoisotopic (exact) mass is 228 g/mol. The fourth-order valence-electron chi connectivity index (χ4n) is 1.08. The number of aryl methyl sites for hydroxylation is 1. The maximum Gasteiger partial charge on any atom is 0.148 e. The normalized spacial score (nSPS) is 11.6. The van der Waals surface area contributed by atoms with Gasteiger partial charge in [0.2, 0.25) is 0 Å². The summed E-state index contributed by atoms with van der Waals surface area (Å²) in [7, 11) is -2.87. The van der Waals surface area contributed by atoms with Crippen LogP contribution in [0.3, 0.4) is 0 Å². The predicted octanol–water partition coefficient (Wildman–Crippen LogP) is 0.524. The second kappa shape index (κ2) is 5.23. The minimum Gasteiger partial charge on any atom is -0.310 e. The summed E-state index contributed by atoms with van der Waals surface area (Å²) in [4.78, 5) is 4.20. The first kappa shape index (κ1) is 12.1. The molecule has 15 heavy (non-hydrogen) atoms. The molecule has 1 aromatic heterocycles. The Morgan fingerprint density at radius 1 is 1.40 bits per heavy atom. The van der Waals surface area contributed by atoms with Crippen LogP contribution in [0.15, 0.2) is 18.3 Å². The van der Waals surface area contributed by atoms with E-state index in [2.05, 4.69) is 10.3 Å². The SMILES string of the molecule is Cc1ccc(CNCCS(C)(=O)=O)nc1. The van der Waals surface area contributed by atoms with E-state index >= 15 is 0 Å². The molecular weight excluding hydrogens is 212 g/mol. The molecule has 84 valence electrons. The third kappa shape index (κ3) is 5.49. The molecular formula is C10H16N2O2S. The average molecular weight is 228 g/mol. The Morgan fingerprint density at radius 2 is 2.13 bits per heavy atom. The molecule has 1 rings (SSSR count). The summed E-state index contributed by atoms with van der Waals surface area (Å²) >= 11 is 0. The largest absolute Gasteiger partial charge is 0.310 e. The van der Waals surface area contributed by atoms with Crippen LogP contribution in [0, 0.1) is 6.92 Å². The maximum atomic E-state index is 10.8. The van der Waals surface area contributed by atoms with Crippen LogP contribution in [0.5, 0.6) is 0 Å². The highest BCUT2D eigenvalue weighted by molar-refractivity contribution is 7.90. The van der Waals surface area contributed by atoms with Gasteiger partial charge in [0.15, 0.2) is 0 Å². The summed E-state index contributed by atoms with van der Waals surface area (Å²) in [6.07, 6.45) is 3.03. The zero-order valence-electron chi connectivity index (χ0n) is 9.03. The van der Waals surface area contributed by atoms with Crippen molar-refractivity contribution in [2.24, 2.45) is 0 Å². The lowest BCUT2D eigenvalue weighted by Crippen LogP contribution is -2.22. The van der Waals surface area contributed by atoms with E-state index in [0.717, 1.165) is 11.3 Å². The second-order valence-electron chi connectivity index (χ2n) is 3.63. The highest BCUT2D eigenvalue weighted by Crippen LogP contribution is 1.97. The topological polar surface area (TPSA) is 59.1 Å². The first-order chi connectivity index (χ1) is 6.97. The molecule has 0 fully saturated rings. The fourth-order valence-corrected chi connectivity index (χ4v) is 1.59. The third-order valence-electron chi connectivity index (χ3n) is 1.93. The van der Waals surface area contributed by atoms with E-state index in [1.165, 1.54) is 6.26 Å². The quantitative estimate of drug-likeness (QED) is 0.747. The van der Waals surface area contributed by atoms with Crippen molar-refractivity contribution in [2.75, 3.05) is 18.6 Å². The molecule has 0 bridgehead atoms. The molecule has 0 aromatic carbocycles. The Bertz CT molecular complexity index is 398. The van der Waals surface area contributed by atoms with Crippen LogP contribution in [0.2, 0.25) is 0 Å². The molecule has 0 saturated carbocycles. The summed E-state index contributed by atoms with van der Waals surface area (Å²) in [6.45, 7) is 3.05. The van der Waals surface area contributed by atoms with Crippen molar-refractivity contribution in [3.05, 3.63) is 29.6 Å². The minimum absolute atomic E-state index is 0.166. The first-order valence-electron chi connectivity index (χ1n) is 4.77. The van der Waals surface area contributed by atoms with Gasteiger partial charge in [-0.2, -0.15) is 0 Å². The summed E-state index contributed by atoms with van der Waals surface area (Å²) in [5.74, 6) is 0.166. The van der Waals surface area contributed by atoms with E-state index in [-0.39, 0.29) is 5.75 Å². The van der Waals surface area contributed by atoms with Gasteiger partial charge in [0, 0.05) is 25.5 Å². The average Bonchev–Trinajstić information content (AvgIpc) is 2.14. The molecule has 0 unspecified atom stereocenters. The van der Waals surface area contributed by atoms with Gasteiger partial charge in [-0.1, -0.05) is 6.07 Å². The molecule has 5 heteroatoms. The summed E-state index contributed by atoms with van der Waals surface area (Å²) in [6, 6.07) is 3.92. The lowest BCUT2D eigenvalue weighted by molar-refractivity contribution is 0.596. The maximum absolute atomic E-state index is 10.8. The van der Waals surface area contributed by atoms with Crippen LogP contribution < -0.4 is 5.32 Å². The molecule has 0 aliphatic carbocycles. The summed E-state index contributed by atoms with van der Waals surface area (Å²) in [5, 5.41) is 3.04. The highest BCUT2D eigenvalue weighted by atomic mass is 32.2. The van der Waals surface area contributed by atoms with Gasteiger partial charge in [-0.3, -0.25) is 4.98 Å². The highest BCUT2D eigenvalue weighted by Gasteiger charge is 2.00. The minimum atomic E-state index is -2.87. The van der Waals surface area contributed by atoms with Crippen LogP contribution in [-0.4, -0.2) is 32.0 Å². The van der Waals surface area contributed by atoms with E-state index < -0.39 is 9.84 Å². The molecule has 0 radical (unpaired) electrons. The standard InChI is InChI=1S/C10H16N2O2S/c1-9-3-4-10(12-7-9)8-11-5-6-15(2,13)14/h3-4,7,11H,5-6,8H2,1-2H3. The number of rotatable bonds is 5. The Kier molecular flexibility index (Phi) is 4.23. The Balaban J connectivity index is 2.29. The smallest absolute Gasteiger partial charge is 0.148 e. The number of pyridine rings is 1. The number of sulfone groups is 1. The van der Waals surface area contributed by atoms with Crippen molar-refractivity contribution in [2.45, 2.75) is 13.5 Å². The number of nitrogens with one attached hydrogen (secondary N) is 1. The van der Waals surface area contributed by atoms with Crippen molar-refractivity contribution in [1.29, 1.82) is 0 Å². The molecule has 0 saturated heterocycles. The van der Waals surface area contributed by atoms with Gasteiger partial charge in [0.05, 0.1) is 11.4 Å². The summed E-state index contributed by atoms with van der Waals surface area (Å²) in [5.41, 5.74) is 2.05. The third-order valence-corrected chi connectivity index (χ3v) is 2.87. The zero-order valence-corrected chi connectivity index (χ0v) is 9.84. The van der Waals surface area contributed by atoms with Gasteiger partial charge in [0.1, 0.15) is 9.84 Å². The molecule has 4 nitrogen and oxygen atoms in total. The van der Waals surface area contributed by atoms with Gasteiger partial charge in [0.25, 0.3) is 0 Å². The first-order valence-corrected chi connectivity index (χ1v) is 6.83. The van der Waals surface area contributed by atoms with Gasteiger partial charge < -0.3 is 5.32 Å². The van der Waals surface area contributed by atoms with E-state index in [1.54, 1.807) is 6.20 Å². The zero-order chi connectivity index (χ0) is 11.3. The van der Waals surface area contributed by atoms with Crippen molar-refractivity contribution >= 4 is 9.84 Å². The van der Waals surface area contributed by atoms with Crippen LogP contribution in [-0.2, 0) is 16.4 Å². The molecule has 0 atom stereocenters. The molecule has 0 aliphatic rings. The van der Waals surface area contributed by atoms with Crippen molar-refractivity contribution in [3.63, 3.8) is 0 Å². The van der Waals surface area contributed by atoms with Crippen LogP contribution in [0.4, 0.5) is 0 Å². The predicted molar refractivity (Wildman–Crippen MR) is 60.4 cm³/mol. The molecule has 0 aliphatic heterocycles. The molecule has 1 N–H and O–H groups in total.